The zero-order chi connectivity index (χ0) is 14.8. The smallest absolute Gasteiger partial charge is 0.364 e. The fourth-order valence-electron chi connectivity index (χ4n) is 1.97. The SMILES string of the molecule is C=CCc1cc(N)ccc1Oc1ccc2n[nH]c(=O)n2n1. The number of benzene rings is 1. The molecule has 0 aliphatic heterocycles. The van der Waals surface area contributed by atoms with E-state index in [1.54, 1.807) is 30.3 Å². The number of fused-ring (bicyclic) bond motifs is 1. The number of nitrogen functional groups attached to an aromatic ring is 1. The minimum absolute atomic E-state index is 0.293. The fraction of sp³-hybridized carbons (Fsp3) is 0.0714. The van der Waals surface area contributed by atoms with Crippen molar-refractivity contribution in [2.75, 3.05) is 5.73 Å². The first-order valence-corrected chi connectivity index (χ1v) is 6.29. The molecule has 0 bridgehead atoms. The van der Waals surface area contributed by atoms with Gasteiger partial charge in [-0.3, -0.25) is 0 Å². The van der Waals surface area contributed by atoms with Crippen molar-refractivity contribution in [2.45, 2.75) is 6.42 Å². The van der Waals surface area contributed by atoms with Crippen LogP contribution in [0.2, 0.25) is 0 Å². The molecule has 2 aromatic heterocycles. The maximum Gasteiger partial charge on any atom is 0.364 e. The van der Waals surface area contributed by atoms with E-state index in [2.05, 4.69) is 21.9 Å². The Morgan fingerprint density at radius 2 is 2.24 bits per heavy atom. The second kappa shape index (κ2) is 5.12. The number of hydrogen-bond donors (Lipinski definition) is 2. The molecular formula is C14H13N5O2. The van der Waals surface area contributed by atoms with E-state index in [9.17, 15) is 4.79 Å². The molecule has 2 heterocycles. The van der Waals surface area contributed by atoms with Crippen LogP contribution in [0.1, 0.15) is 5.56 Å². The number of nitrogens with two attached hydrogens (primary N) is 1. The van der Waals surface area contributed by atoms with Gasteiger partial charge in [0.1, 0.15) is 5.75 Å². The predicted molar refractivity (Wildman–Crippen MR) is 78.4 cm³/mol. The number of anilines is 1. The molecule has 7 nitrogen and oxygen atoms in total. The maximum absolute atomic E-state index is 11.5. The van der Waals surface area contributed by atoms with Gasteiger partial charge in [0, 0.05) is 17.3 Å². The van der Waals surface area contributed by atoms with E-state index in [0.717, 1.165) is 10.1 Å². The largest absolute Gasteiger partial charge is 0.437 e. The summed E-state index contributed by atoms with van der Waals surface area (Å²) in [5, 5.41) is 10.2. The highest BCUT2D eigenvalue weighted by Gasteiger charge is 2.08. The van der Waals surface area contributed by atoms with Gasteiger partial charge in [-0.1, -0.05) is 6.08 Å². The molecule has 0 fully saturated rings. The highest BCUT2D eigenvalue weighted by molar-refractivity contribution is 5.49. The second-order valence-electron chi connectivity index (χ2n) is 4.43. The molecule has 0 spiro atoms. The Balaban J connectivity index is 1.99. The molecule has 3 N–H and O–H groups in total. The molecule has 21 heavy (non-hydrogen) atoms. The Morgan fingerprint density at radius 3 is 3.05 bits per heavy atom. The van der Waals surface area contributed by atoms with Crippen LogP contribution in [0.3, 0.4) is 0 Å². The fourth-order valence-corrected chi connectivity index (χ4v) is 1.97. The molecular weight excluding hydrogens is 270 g/mol. The first-order chi connectivity index (χ1) is 10.2. The number of allylic oxidation sites excluding steroid dienone is 1. The van der Waals surface area contributed by atoms with E-state index in [0.29, 0.717) is 29.4 Å². The minimum Gasteiger partial charge on any atom is -0.437 e. The molecule has 0 amide bonds. The van der Waals surface area contributed by atoms with Gasteiger partial charge in [0.15, 0.2) is 5.65 Å². The summed E-state index contributed by atoms with van der Waals surface area (Å²) in [6.07, 6.45) is 2.38. The summed E-state index contributed by atoms with van der Waals surface area (Å²) < 4.78 is 6.87. The molecule has 0 atom stereocenters. The van der Waals surface area contributed by atoms with Crippen molar-refractivity contribution in [2.24, 2.45) is 0 Å². The standard InChI is InChI=1S/C14H13N5O2/c1-2-3-9-8-10(15)4-5-11(9)21-13-7-6-12-16-17-14(20)19(12)18-13/h2,4-8H,1,3,15H2,(H,17,20). The van der Waals surface area contributed by atoms with Crippen LogP contribution >= 0.6 is 0 Å². The first kappa shape index (κ1) is 12.9. The first-order valence-electron chi connectivity index (χ1n) is 6.29. The number of ether oxygens (including phenoxy) is 1. The molecule has 0 saturated heterocycles. The van der Waals surface area contributed by atoms with Crippen molar-refractivity contribution < 1.29 is 4.74 Å². The van der Waals surface area contributed by atoms with Gasteiger partial charge in [-0.05, 0) is 30.7 Å². The number of nitrogens with one attached hydrogen (secondary N) is 1. The summed E-state index contributed by atoms with van der Waals surface area (Å²) in [4.78, 5) is 11.5. The Bertz CT molecular complexity index is 865. The van der Waals surface area contributed by atoms with E-state index in [4.69, 9.17) is 10.5 Å². The van der Waals surface area contributed by atoms with Crippen molar-refractivity contribution in [1.82, 2.24) is 19.8 Å². The van der Waals surface area contributed by atoms with Gasteiger partial charge in [0.2, 0.25) is 5.88 Å². The third-order valence-electron chi connectivity index (χ3n) is 2.91. The quantitative estimate of drug-likeness (QED) is 0.558. The Kier molecular flexibility index (Phi) is 3.15. The van der Waals surface area contributed by atoms with E-state index in [1.165, 1.54) is 0 Å². The molecule has 7 heteroatoms. The lowest BCUT2D eigenvalue weighted by molar-refractivity contribution is 0.447. The van der Waals surface area contributed by atoms with Crippen LogP contribution in [0.15, 0.2) is 47.8 Å². The molecule has 1 aromatic carbocycles. The van der Waals surface area contributed by atoms with Gasteiger partial charge >= 0.3 is 5.69 Å². The molecule has 0 radical (unpaired) electrons. The molecule has 3 rings (SSSR count). The second-order valence-corrected chi connectivity index (χ2v) is 4.43. The molecule has 106 valence electrons. The van der Waals surface area contributed by atoms with Crippen molar-refractivity contribution in [3.63, 3.8) is 0 Å². The van der Waals surface area contributed by atoms with Crippen LogP contribution < -0.4 is 16.2 Å². The topological polar surface area (TPSA) is 98.3 Å². The lowest BCUT2D eigenvalue weighted by Crippen LogP contribution is -2.12. The summed E-state index contributed by atoms with van der Waals surface area (Å²) in [6, 6.07) is 8.61. The number of H-pyrrole nitrogens is 1. The zero-order valence-electron chi connectivity index (χ0n) is 11.1. The molecule has 3 aromatic rings. The Labute approximate surface area is 119 Å². The van der Waals surface area contributed by atoms with Crippen molar-refractivity contribution in [1.29, 1.82) is 0 Å². The summed E-state index contributed by atoms with van der Waals surface area (Å²) in [6.45, 7) is 3.71. The van der Waals surface area contributed by atoms with Crippen LogP contribution in [0.25, 0.3) is 5.65 Å². The van der Waals surface area contributed by atoms with Crippen molar-refractivity contribution in [3.05, 3.63) is 59.0 Å². The van der Waals surface area contributed by atoms with Crippen molar-refractivity contribution >= 4 is 11.3 Å². The monoisotopic (exact) mass is 283 g/mol. The molecule has 0 saturated carbocycles. The normalized spacial score (nSPS) is 10.7. The number of rotatable bonds is 4. The van der Waals surface area contributed by atoms with E-state index < -0.39 is 5.69 Å². The maximum atomic E-state index is 11.5. The van der Waals surface area contributed by atoms with Gasteiger partial charge in [-0.2, -0.15) is 9.61 Å². The third kappa shape index (κ3) is 2.48. The van der Waals surface area contributed by atoms with Gasteiger partial charge in [-0.25, -0.2) is 9.89 Å². The Morgan fingerprint density at radius 1 is 1.38 bits per heavy atom. The lowest BCUT2D eigenvalue weighted by Gasteiger charge is -2.10. The molecule has 0 aliphatic rings. The van der Waals surface area contributed by atoms with Gasteiger partial charge in [-0.15, -0.1) is 11.7 Å². The number of aromatic nitrogens is 4. The summed E-state index contributed by atoms with van der Waals surface area (Å²) >= 11 is 0. The van der Waals surface area contributed by atoms with Crippen molar-refractivity contribution in [3.8, 4) is 11.6 Å². The third-order valence-corrected chi connectivity index (χ3v) is 2.91. The summed E-state index contributed by atoms with van der Waals surface area (Å²) in [5.41, 5.74) is 7.32. The highest BCUT2D eigenvalue weighted by Crippen LogP contribution is 2.26. The van der Waals surface area contributed by atoms with Crippen LogP contribution in [0, 0.1) is 0 Å². The van der Waals surface area contributed by atoms with E-state index in [1.807, 2.05) is 6.07 Å². The van der Waals surface area contributed by atoms with Crippen LogP contribution in [0.5, 0.6) is 11.6 Å². The number of nitrogens with zero attached hydrogens (tertiary/aromatic N) is 3. The van der Waals surface area contributed by atoms with Gasteiger partial charge in [0.05, 0.1) is 0 Å². The number of hydrogen-bond acceptors (Lipinski definition) is 5. The average molecular weight is 283 g/mol. The van der Waals surface area contributed by atoms with E-state index >= 15 is 0 Å². The van der Waals surface area contributed by atoms with Crippen LogP contribution in [-0.4, -0.2) is 19.8 Å². The van der Waals surface area contributed by atoms with Gasteiger partial charge in [0.25, 0.3) is 0 Å². The van der Waals surface area contributed by atoms with Crippen LogP contribution in [0.4, 0.5) is 5.69 Å². The highest BCUT2D eigenvalue weighted by atomic mass is 16.5. The van der Waals surface area contributed by atoms with E-state index in [-0.39, 0.29) is 0 Å². The number of aromatic amines is 1. The summed E-state index contributed by atoms with van der Waals surface area (Å²) in [5.74, 6) is 0.911. The zero-order valence-corrected chi connectivity index (χ0v) is 11.1. The average Bonchev–Trinajstić information content (AvgIpc) is 2.84. The van der Waals surface area contributed by atoms with Gasteiger partial charge < -0.3 is 10.5 Å². The molecule has 0 aliphatic carbocycles. The minimum atomic E-state index is -0.418. The lowest BCUT2D eigenvalue weighted by atomic mass is 10.1. The Hall–Kier alpha value is -3.09. The predicted octanol–water partition coefficient (Wildman–Crippen LogP) is 1.52. The van der Waals surface area contributed by atoms with Crippen LogP contribution in [-0.2, 0) is 6.42 Å². The molecule has 0 unspecified atom stereocenters. The summed E-state index contributed by atoms with van der Waals surface area (Å²) in [7, 11) is 0.